The summed E-state index contributed by atoms with van der Waals surface area (Å²) in [6.45, 7) is 10.7. The minimum absolute atomic E-state index is 0.0689. The molecule has 2 aromatic rings. The van der Waals surface area contributed by atoms with Gasteiger partial charge in [-0.05, 0) is 35.6 Å². The molecule has 0 unspecified atom stereocenters. The Balaban J connectivity index is 2.12. The number of hydrogen-bond acceptors (Lipinski definition) is 1. The van der Waals surface area contributed by atoms with E-state index in [0.717, 1.165) is 12.0 Å². The van der Waals surface area contributed by atoms with Gasteiger partial charge in [0, 0.05) is 11.3 Å². The largest absolute Gasteiger partial charge is 0.298 e. The average Bonchev–Trinajstić information content (AvgIpc) is 2.60. The number of carbonyl (C=O) groups is 1. The number of Topliss-reactive ketones (excluding diaryl/α,β-unsaturated/α-hetero) is 1. The topological polar surface area (TPSA) is 17.1 Å². The van der Waals surface area contributed by atoms with Crippen LogP contribution < -0.4 is 0 Å². The lowest BCUT2D eigenvalue weighted by Gasteiger charge is -2.55. The van der Waals surface area contributed by atoms with Crippen molar-refractivity contribution in [2.45, 2.75) is 27.2 Å². The van der Waals surface area contributed by atoms with Crippen molar-refractivity contribution in [2.24, 2.45) is 16.7 Å². The molecular weight excluding hydrogens is 304 g/mol. The van der Waals surface area contributed by atoms with Crippen molar-refractivity contribution in [3.63, 3.8) is 0 Å². The van der Waals surface area contributed by atoms with Crippen LogP contribution >= 0.6 is 0 Å². The van der Waals surface area contributed by atoms with Crippen molar-refractivity contribution in [3.8, 4) is 0 Å². The van der Waals surface area contributed by atoms with Gasteiger partial charge in [-0.15, -0.1) is 0 Å². The molecule has 0 aliphatic heterocycles. The van der Waals surface area contributed by atoms with Gasteiger partial charge in [-0.1, -0.05) is 86.7 Å². The van der Waals surface area contributed by atoms with E-state index in [9.17, 15) is 4.79 Å². The van der Waals surface area contributed by atoms with Crippen molar-refractivity contribution in [3.05, 3.63) is 83.9 Å². The van der Waals surface area contributed by atoms with Crippen molar-refractivity contribution in [2.75, 3.05) is 0 Å². The van der Waals surface area contributed by atoms with E-state index in [1.807, 2.05) is 12.1 Å². The highest BCUT2D eigenvalue weighted by molar-refractivity contribution is 6.14. The zero-order chi connectivity index (χ0) is 17.8. The van der Waals surface area contributed by atoms with E-state index in [2.05, 4.69) is 75.9 Å². The highest BCUT2D eigenvalue weighted by Crippen LogP contribution is 2.65. The summed E-state index contributed by atoms with van der Waals surface area (Å²) in [6, 6.07) is 20.9. The van der Waals surface area contributed by atoms with Crippen LogP contribution in [0.3, 0.4) is 0 Å². The second-order valence-corrected chi connectivity index (χ2v) is 8.17. The van der Waals surface area contributed by atoms with Gasteiger partial charge >= 0.3 is 0 Å². The molecule has 2 atom stereocenters. The third-order valence-corrected chi connectivity index (χ3v) is 6.05. The molecule has 1 fully saturated rings. The summed E-state index contributed by atoms with van der Waals surface area (Å²) in [5, 5.41) is 0. The fourth-order valence-corrected chi connectivity index (χ4v) is 5.20. The fraction of sp³-hybridized carbons (Fsp3) is 0.292. The van der Waals surface area contributed by atoms with Gasteiger partial charge in [0.2, 0.25) is 0 Å². The predicted octanol–water partition coefficient (Wildman–Crippen LogP) is 5.79. The number of hydrogen-bond donors (Lipinski definition) is 0. The summed E-state index contributed by atoms with van der Waals surface area (Å²) >= 11 is 0. The Kier molecular flexibility index (Phi) is 3.40. The molecule has 0 saturated heterocycles. The van der Waals surface area contributed by atoms with Crippen molar-refractivity contribution >= 4 is 16.9 Å². The number of allylic oxidation sites excluding steroid dienone is 3. The molecule has 0 radical (unpaired) electrons. The molecule has 1 heteroatoms. The Morgan fingerprint density at radius 1 is 0.880 bits per heavy atom. The third-order valence-electron chi connectivity index (χ3n) is 6.05. The second-order valence-electron chi connectivity index (χ2n) is 8.17. The maximum Gasteiger partial charge on any atom is 0.149 e. The van der Waals surface area contributed by atoms with Crippen LogP contribution in [0.15, 0.2) is 72.8 Å². The molecule has 3 aliphatic carbocycles. The van der Waals surface area contributed by atoms with Crippen molar-refractivity contribution in [1.29, 1.82) is 0 Å². The predicted molar refractivity (Wildman–Crippen MR) is 104 cm³/mol. The Labute approximate surface area is 150 Å². The molecule has 0 N–H and O–H groups in total. The molecule has 1 saturated carbocycles. The minimum Gasteiger partial charge on any atom is -0.298 e. The van der Waals surface area contributed by atoms with Gasteiger partial charge in [0.1, 0.15) is 5.78 Å². The third kappa shape index (κ3) is 2.12. The van der Waals surface area contributed by atoms with E-state index in [1.54, 1.807) is 0 Å². The van der Waals surface area contributed by atoms with E-state index >= 15 is 0 Å². The number of benzene rings is 2. The van der Waals surface area contributed by atoms with Crippen LogP contribution in [0.1, 0.15) is 38.3 Å². The fourth-order valence-electron chi connectivity index (χ4n) is 5.20. The molecule has 2 aromatic carbocycles. The normalized spacial score (nSPS) is 27.7. The Bertz CT molecular complexity index is 886. The number of carbonyl (C=O) groups excluding carboxylic acids is 1. The first-order valence-electron chi connectivity index (χ1n) is 8.95. The van der Waals surface area contributed by atoms with Gasteiger partial charge in [-0.3, -0.25) is 4.79 Å². The summed E-state index contributed by atoms with van der Waals surface area (Å²) in [4.78, 5) is 13.5. The van der Waals surface area contributed by atoms with Crippen LogP contribution in [0, 0.1) is 16.7 Å². The molecule has 1 nitrogen and oxygen atoms in total. The monoisotopic (exact) mass is 328 g/mol. The number of fused-ring (bicyclic) bond motifs is 2. The average molecular weight is 328 g/mol. The molecule has 0 aromatic heterocycles. The van der Waals surface area contributed by atoms with Gasteiger partial charge in [-0.2, -0.15) is 0 Å². The lowest BCUT2D eigenvalue weighted by molar-refractivity contribution is -0.138. The second kappa shape index (κ2) is 5.29. The first kappa shape index (κ1) is 16.1. The van der Waals surface area contributed by atoms with Crippen LogP contribution in [0.5, 0.6) is 0 Å². The number of ketones is 1. The van der Waals surface area contributed by atoms with Crippen LogP contribution in [-0.4, -0.2) is 5.78 Å². The maximum atomic E-state index is 13.5. The smallest absolute Gasteiger partial charge is 0.149 e. The Morgan fingerprint density at radius 3 is 1.96 bits per heavy atom. The summed E-state index contributed by atoms with van der Waals surface area (Å²) < 4.78 is 0. The van der Waals surface area contributed by atoms with Gasteiger partial charge in [0.15, 0.2) is 0 Å². The summed E-state index contributed by atoms with van der Waals surface area (Å²) in [7, 11) is 0. The first-order valence-corrected chi connectivity index (χ1v) is 8.95. The molecular formula is C24H24O. The standard InChI is InChI=1S/C24H24O/c1-16-15-24(4)21(18-13-9-6-10-14-18)19(17-11-7-5-8-12-17)20(16)23(2,3)22(24)25/h5-14,20H,1,15H2,2-4H3/t20-,24+/m1/s1. The van der Waals surface area contributed by atoms with Gasteiger partial charge in [0.25, 0.3) is 0 Å². The van der Waals surface area contributed by atoms with Gasteiger partial charge in [-0.25, -0.2) is 0 Å². The maximum absolute atomic E-state index is 13.5. The molecule has 0 spiro atoms. The van der Waals surface area contributed by atoms with E-state index in [-0.39, 0.29) is 5.92 Å². The molecule has 2 bridgehead atoms. The summed E-state index contributed by atoms with van der Waals surface area (Å²) in [6.07, 6.45) is 0.750. The Morgan fingerprint density at radius 2 is 1.40 bits per heavy atom. The molecule has 25 heavy (non-hydrogen) atoms. The van der Waals surface area contributed by atoms with Crippen LogP contribution in [0.4, 0.5) is 0 Å². The van der Waals surface area contributed by atoms with E-state index < -0.39 is 10.8 Å². The zero-order valence-electron chi connectivity index (χ0n) is 15.2. The highest BCUT2D eigenvalue weighted by atomic mass is 16.1. The Hall–Kier alpha value is -2.41. The van der Waals surface area contributed by atoms with Gasteiger partial charge in [0.05, 0.1) is 5.41 Å². The lowest BCUT2D eigenvalue weighted by Crippen LogP contribution is -2.53. The van der Waals surface area contributed by atoms with Crippen LogP contribution in [0.25, 0.3) is 11.1 Å². The lowest BCUT2D eigenvalue weighted by atomic mass is 9.46. The highest BCUT2D eigenvalue weighted by Gasteiger charge is 2.60. The minimum atomic E-state index is -0.512. The number of rotatable bonds is 2. The van der Waals surface area contributed by atoms with Crippen molar-refractivity contribution < 1.29 is 4.79 Å². The van der Waals surface area contributed by atoms with E-state index in [4.69, 9.17) is 0 Å². The van der Waals surface area contributed by atoms with Crippen molar-refractivity contribution in [1.82, 2.24) is 0 Å². The van der Waals surface area contributed by atoms with E-state index in [0.29, 0.717) is 5.78 Å². The molecule has 5 rings (SSSR count). The summed E-state index contributed by atoms with van der Waals surface area (Å²) in [5.74, 6) is 0.412. The summed E-state index contributed by atoms with van der Waals surface area (Å²) in [5.41, 5.74) is 5.10. The van der Waals surface area contributed by atoms with Gasteiger partial charge < -0.3 is 0 Å². The zero-order valence-corrected chi connectivity index (χ0v) is 15.2. The van der Waals surface area contributed by atoms with Crippen LogP contribution in [0.2, 0.25) is 0 Å². The molecule has 3 aliphatic rings. The molecule has 0 amide bonds. The van der Waals surface area contributed by atoms with E-state index in [1.165, 1.54) is 22.3 Å². The quantitative estimate of drug-likeness (QED) is 0.638. The SMILES string of the molecule is C=C1C[C@]2(C)C(=O)C(C)(C)[C@H]1C(c1ccccc1)=C2c1ccccc1. The molecule has 0 heterocycles. The first-order chi connectivity index (χ1) is 11.9. The molecule has 126 valence electrons. The van der Waals surface area contributed by atoms with Crippen LogP contribution in [-0.2, 0) is 4.79 Å².